The lowest BCUT2D eigenvalue weighted by atomic mass is 9.73. The van der Waals surface area contributed by atoms with Crippen molar-refractivity contribution in [3.63, 3.8) is 0 Å². The van der Waals surface area contributed by atoms with Crippen molar-refractivity contribution < 1.29 is 19.0 Å². The van der Waals surface area contributed by atoms with Crippen LogP contribution in [0.3, 0.4) is 0 Å². The Morgan fingerprint density at radius 2 is 1.56 bits per heavy atom. The van der Waals surface area contributed by atoms with E-state index < -0.39 is 5.92 Å². The van der Waals surface area contributed by atoms with E-state index in [9.17, 15) is 19.0 Å². The van der Waals surface area contributed by atoms with Crippen LogP contribution in [0.2, 0.25) is 0 Å². The fourth-order valence-corrected chi connectivity index (χ4v) is 4.68. The minimum atomic E-state index is -2.98. The van der Waals surface area contributed by atoms with Crippen LogP contribution in [0, 0.1) is 17.3 Å². The summed E-state index contributed by atoms with van der Waals surface area (Å²) in [6, 6.07) is 0. The van der Waals surface area contributed by atoms with Crippen molar-refractivity contribution in [2.45, 2.75) is 108 Å². The van der Waals surface area contributed by atoms with Gasteiger partial charge in [-0.25, -0.2) is 8.78 Å². The number of allylic oxidation sites excluding steroid dienone is 10. The Kier molecular flexibility index (Phi) is 16.6. The fourth-order valence-electron chi connectivity index (χ4n) is 4.68. The number of halogens is 2. The molecule has 0 aromatic rings. The molecule has 1 fully saturated rings. The van der Waals surface area contributed by atoms with Gasteiger partial charge in [-0.15, -0.1) is 0 Å². The highest BCUT2D eigenvalue weighted by Gasteiger charge is 2.35. The molecule has 0 aliphatic carbocycles. The zero-order valence-corrected chi connectivity index (χ0v) is 26.7. The summed E-state index contributed by atoms with van der Waals surface area (Å²) in [5, 5.41) is 21.7. The summed E-state index contributed by atoms with van der Waals surface area (Å²) in [6.45, 7) is 23.2. The zero-order chi connectivity index (χ0) is 30.4. The molecule has 0 saturated carbocycles. The van der Waals surface area contributed by atoms with E-state index >= 15 is 0 Å². The first kappa shape index (κ1) is 36.9. The van der Waals surface area contributed by atoms with E-state index in [1.165, 1.54) is 12.2 Å². The van der Waals surface area contributed by atoms with E-state index in [1.54, 1.807) is 12.2 Å². The van der Waals surface area contributed by atoms with E-state index in [0.717, 1.165) is 50.3 Å². The van der Waals surface area contributed by atoms with Gasteiger partial charge >= 0.3 is 0 Å². The summed E-state index contributed by atoms with van der Waals surface area (Å²) < 4.78 is 28.6. The molecule has 1 saturated heterocycles. The van der Waals surface area contributed by atoms with Crippen LogP contribution >= 0.6 is 0 Å². The molecule has 39 heavy (non-hydrogen) atoms. The Morgan fingerprint density at radius 3 is 2.05 bits per heavy atom. The van der Waals surface area contributed by atoms with Crippen LogP contribution in [0.5, 0.6) is 0 Å². The van der Waals surface area contributed by atoms with E-state index in [0.29, 0.717) is 30.3 Å². The van der Waals surface area contributed by atoms with Gasteiger partial charge in [0, 0.05) is 31.5 Å². The SMILES string of the molecule is CC.CC/C=C(\O)C1CC(C(C)(C)C)CN(C/C(O)=C/C(=C(C)CC)/C(C)=C/C(=C\C=C\CC)C(C)(F)F)C1. The summed E-state index contributed by atoms with van der Waals surface area (Å²) in [5.41, 5.74) is 2.51. The number of piperidine rings is 1. The Hall–Kier alpha value is -2.14. The average molecular weight is 550 g/mol. The zero-order valence-electron chi connectivity index (χ0n) is 26.7. The standard InChI is InChI=1S/C32H51F2NO2.C2H6/c1-10-13-14-16-26(32(9,33)34)17-24(5)29(23(4)12-3)19-28(36)22-35-20-25(30(37)15-11-2)18-27(21-35)31(6,7)8;1-2/h13-17,19,25,27,36-37H,10-12,18,20-22H2,1-9H3;1-2H3/b14-13+,24-17+,26-16+,28-19-,29-23?,30-15-;. The number of hydrogen-bond donors (Lipinski definition) is 2. The molecule has 0 aromatic heterocycles. The predicted molar refractivity (Wildman–Crippen MR) is 165 cm³/mol. The number of alkyl halides is 2. The van der Waals surface area contributed by atoms with E-state index in [4.69, 9.17) is 0 Å². The smallest absolute Gasteiger partial charge is 0.270 e. The molecular formula is C34H57F2NO2. The molecule has 2 atom stereocenters. The lowest BCUT2D eigenvalue weighted by molar-refractivity contribution is 0.0593. The molecule has 0 radical (unpaired) electrons. The number of nitrogens with zero attached hydrogens (tertiary/aromatic N) is 1. The Bertz CT molecular complexity index is 924. The van der Waals surface area contributed by atoms with Crippen LogP contribution in [-0.4, -0.2) is 40.7 Å². The second-order valence-corrected chi connectivity index (χ2v) is 11.6. The van der Waals surface area contributed by atoms with Crippen LogP contribution in [0.15, 0.2) is 70.3 Å². The van der Waals surface area contributed by atoms with Crippen molar-refractivity contribution >= 4 is 0 Å². The van der Waals surface area contributed by atoms with Gasteiger partial charge in [0.2, 0.25) is 0 Å². The molecule has 1 rings (SSSR count). The van der Waals surface area contributed by atoms with Gasteiger partial charge in [0.05, 0.1) is 12.3 Å². The normalized spacial score (nSPS) is 21.6. The number of aliphatic hydroxyl groups excluding tert-OH is 2. The highest BCUT2D eigenvalue weighted by atomic mass is 19.3. The largest absolute Gasteiger partial charge is 0.512 e. The summed E-state index contributed by atoms with van der Waals surface area (Å²) in [6.07, 6.45) is 13.3. The summed E-state index contributed by atoms with van der Waals surface area (Å²) in [5.74, 6) is -1.94. The first-order chi connectivity index (χ1) is 18.1. The van der Waals surface area contributed by atoms with Crippen molar-refractivity contribution in [3.05, 3.63) is 70.3 Å². The maximum Gasteiger partial charge on any atom is 0.270 e. The van der Waals surface area contributed by atoms with E-state index in [1.807, 2.05) is 60.6 Å². The fraction of sp³-hybridized carbons (Fsp3) is 0.647. The molecule has 1 aliphatic rings. The molecule has 0 amide bonds. The van der Waals surface area contributed by atoms with Gasteiger partial charge in [0.25, 0.3) is 5.92 Å². The molecule has 0 aromatic carbocycles. The van der Waals surface area contributed by atoms with Crippen molar-refractivity contribution in [2.75, 3.05) is 19.6 Å². The van der Waals surface area contributed by atoms with Gasteiger partial charge in [-0.1, -0.05) is 79.2 Å². The van der Waals surface area contributed by atoms with Gasteiger partial charge in [-0.2, -0.15) is 0 Å². The van der Waals surface area contributed by atoms with Crippen molar-refractivity contribution in [1.29, 1.82) is 0 Å². The Labute approximate surface area is 238 Å². The van der Waals surface area contributed by atoms with Crippen LogP contribution < -0.4 is 0 Å². The first-order valence-corrected chi connectivity index (χ1v) is 14.8. The lowest BCUT2D eigenvalue weighted by Crippen LogP contribution is -2.45. The van der Waals surface area contributed by atoms with Crippen molar-refractivity contribution in [2.24, 2.45) is 17.3 Å². The third kappa shape index (κ3) is 13.2. The summed E-state index contributed by atoms with van der Waals surface area (Å²) in [4.78, 5) is 2.20. The maximum atomic E-state index is 14.3. The third-order valence-corrected chi connectivity index (χ3v) is 7.22. The van der Waals surface area contributed by atoms with Gasteiger partial charge in [0.15, 0.2) is 0 Å². The quantitative estimate of drug-likeness (QED) is 0.199. The summed E-state index contributed by atoms with van der Waals surface area (Å²) >= 11 is 0. The van der Waals surface area contributed by atoms with Gasteiger partial charge in [-0.05, 0) is 80.2 Å². The van der Waals surface area contributed by atoms with Gasteiger partial charge in [0.1, 0.15) is 5.76 Å². The molecule has 1 aliphatic heterocycles. The van der Waals surface area contributed by atoms with Gasteiger partial charge in [-0.3, -0.25) is 4.90 Å². The van der Waals surface area contributed by atoms with Crippen LogP contribution in [0.1, 0.15) is 102 Å². The lowest BCUT2D eigenvalue weighted by Gasteiger charge is -2.43. The number of likely N-dealkylation sites (tertiary alicyclic amines) is 1. The van der Waals surface area contributed by atoms with E-state index in [-0.39, 0.29) is 22.7 Å². The molecule has 1 heterocycles. The molecule has 224 valence electrons. The highest BCUT2D eigenvalue weighted by molar-refractivity contribution is 5.47. The molecule has 2 N–H and O–H groups in total. The van der Waals surface area contributed by atoms with Crippen LogP contribution in [0.4, 0.5) is 8.78 Å². The average Bonchev–Trinajstić information content (AvgIpc) is 2.86. The maximum absolute atomic E-state index is 14.3. The first-order valence-electron chi connectivity index (χ1n) is 14.8. The van der Waals surface area contributed by atoms with Crippen molar-refractivity contribution in [3.8, 4) is 0 Å². The highest BCUT2D eigenvalue weighted by Crippen LogP contribution is 2.38. The van der Waals surface area contributed by atoms with Crippen LogP contribution in [0.25, 0.3) is 0 Å². The molecule has 0 spiro atoms. The number of aliphatic hydroxyl groups is 2. The van der Waals surface area contributed by atoms with Gasteiger partial charge < -0.3 is 10.2 Å². The number of rotatable bonds is 11. The number of hydrogen-bond acceptors (Lipinski definition) is 3. The third-order valence-electron chi connectivity index (χ3n) is 7.22. The minimum Gasteiger partial charge on any atom is -0.512 e. The molecule has 2 unspecified atom stereocenters. The van der Waals surface area contributed by atoms with E-state index in [2.05, 4.69) is 25.7 Å². The van der Waals surface area contributed by atoms with Crippen molar-refractivity contribution in [1.82, 2.24) is 4.90 Å². The molecule has 5 heteroatoms. The molecular weight excluding hydrogens is 492 g/mol. The second kappa shape index (κ2) is 17.5. The van der Waals surface area contributed by atoms with Crippen LogP contribution in [-0.2, 0) is 0 Å². The molecule has 3 nitrogen and oxygen atoms in total. The second-order valence-electron chi connectivity index (χ2n) is 11.6. The summed E-state index contributed by atoms with van der Waals surface area (Å²) in [7, 11) is 0. The monoisotopic (exact) mass is 549 g/mol. The minimum absolute atomic E-state index is 0.0374. The topological polar surface area (TPSA) is 43.7 Å². The predicted octanol–water partition coefficient (Wildman–Crippen LogP) is 10.5. The molecule has 0 bridgehead atoms. The Morgan fingerprint density at radius 1 is 0.949 bits per heavy atom. The Balaban J connectivity index is 0.00000704.